The maximum atomic E-state index is 12.9. The molecule has 0 aromatic carbocycles. The van der Waals surface area contributed by atoms with Crippen LogP contribution in [0.4, 0.5) is 0 Å². The third-order valence-electron chi connectivity index (χ3n) is 14.6. The van der Waals surface area contributed by atoms with Gasteiger partial charge in [-0.2, -0.15) is 0 Å². The van der Waals surface area contributed by atoms with Crippen LogP contribution in [0.25, 0.3) is 0 Å². The average Bonchev–Trinajstić information content (AvgIpc) is 3.44. The first-order valence-electron chi connectivity index (χ1n) is 33.7. The highest BCUT2D eigenvalue weighted by Gasteiger charge is 2.22. The molecule has 0 bridgehead atoms. The summed E-state index contributed by atoms with van der Waals surface area (Å²) < 4.78 is 22.8. The first kappa shape index (κ1) is 77.5. The number of carboxylic acid groups (broad SMARTS) is 1. The Morgan fingerprint density at radius 1 is 0.383 bits per heavy atom. The average molecular weight is 1130 g/mol. The van der Waals surface area contributed by atoms with Gasteiger partial charge >= 0.3 is 11.9 Å². The van der Waals surface area contributed by atoms with Gasteiger partial charge in [0.15, 0.2) is 12.4 Å². The highest BCUT2D eigenvalue weighted by Crippen LogP contribution is 2.17. The second kappa shape index (κ2) is 62.5. The van der Waals surface area contributed by atoms with Crippen LogP contribution in [0.2, 0.25) is 0 Å². The summed E-state index contributed by atoms with van der Waals surface area (Å²) in [6, 6.07) is 0. The standard InChI is InChI=1S/C72H127NO8/c1-6-8-10-12-14-16-18-20-22-24-26-28-30-32-33-34-35-36-37-39-40-42-44-46-48-50-52-54-56-58-60-62-69(74)79-66-68(67-80-72(71(76)77)78-65-64-73(3,4)5)81-70(75)63-61-59-57-55-53-51-49-47-45-43-41-38-31-29-27-25-23-21-19-17-15-13-11-9-7-2/h9,11,15,17-18,20-21,23-24,26-27,29-30,32,68,72H,6-8,10,12-14,16,19,22,25,28,31,33-67H2,1-5H3/b11-9-,17-15-,20-18-,23-21-,26-24-,29-27-,32-30-. The minimum Gasteiger partial charge on any atom is -0.545 e. The summed E-state index contributed by atoms with van der Waals surface area (Å²) in [4.78, 5) is 37.5. The minimum atomic E-state index is -1.63. The number of unbranched alkanes of at least 4 members (excludes halogenated alkanes) is 33. The Hall–Kier alpha value is -3.53. The number of quaternary nitrogens is 1. The van der Waals surface area contributed by atoms with Crippen LogP contribution in [0.3, 0.4) is 0 Å². The number of likely N-dealkylation sites (N-methyl/N-ethyl adjacent to an activating group) is 1. The highest BCUT2D eigenvalue weighted by atomic mass is 16.7. The van der Waals surface area contributed by atoms with Gasteiger partial charge < -0.3 is 33.3 Å². The molecule has 0 spiro atoms. The van der Waals surface area contributed by atoms with Crippen molar-refractivity contribution in [3.63, 3.8) is 0 Å². The number of hydrogen-bond acceptors (Lipinski definition) is 8. The largest absolute Gasteiger partial charge is 0.545 e. The number of carbonyl (C=O) groups is 3. The normalized spacial score (nSPS) is 13.2. The first-order valence-corrected chi connectivity index (χ1v) is 33.7. The van der Waals surface area contributed by atoms with Crippen LogP contribution < -0.4 is 5.11 Å². The molecular formula is C72H127NO8. The second-order valence-electron chi connectivity index (χ2n) is 23.7. The Morgan fingerprint density at radius 3 is 1.05 bits per heavy atom. The van der Waals surface area contributed by atoms with Crippen molar-refractivity contribution < 1.29 is 42.9 Å². The van der Waals surface area contributed by atoms with Crippen LogP contribution in [0.15, 0.2) is 85.1 Å². The van der Waals surface area contributed by atoms with E-state index in [0.717, 1.165) is 77.0 Å². The number of nitrogens with zero attached hydrogens (tertiary/aromatic N) is 1. The number of allylic oxidation sites excluding steroid dienone is 14. The van der Waals surface area contributed by atoms with Crippen molar-refractivity contribution >= 4 is 17.9 Å². The lowest BCUT2D eigenvalue weighted by atomic mass is 10.0. The Labute approximate surface area is 500 Å². The Morgan fingerprint density at radius 2 is 0.704 bits per heavy atom. The fourth-order valence-electron chi connectivity index (χ4n) is 9.48. The quantitative estimate of drug-likeness (QED) is 0.0195. The molecule has 0 rings (SSSR count). The molecule has 0 aliphatic heterocycles. The Balaban J connectivity index is 4.12. The molecular weight excluding hydrogens is 1010 g/mol. The van der Waals surface area contributed by atoms with E-state index < -0.39 is 24.3 Å². The van der Waals surface area contributed by atoms with E-state index in [1.807, 2.05) is 21.1 Å². The lowest BCUT2D eigenvalue weighted by Gasteiger charge is -2.26. The Bertz CT molecular complexity index is 1600. The molecule has 0 N–H and O–H groups in total. The van der Waals surface area contributed by atoms with E-state index in [1.165, 1.54) is 186 Å². The van der Waals surface area contributed by atoms with Gasteiger partial charge in [-0.25, -0.2) is 0 Å². The maximum absolute atomic E-state index is 12.9. The number of hydrogen-bond donors (Lipinski definition) is 0. The van der Waals surface area contributed by atoms with Gasteiger partial charge in [0, 0.05) is 12.8 Å². The van der Waals surface area contributed by atoms with Crippen LogP contribution in [0.1, 0.15) is 296 Å². The van der Waals surface area contributed by atoms with E-state index in [2.05, 4.69) is 98.9 Å². The number of carboxylic acids is 1. The van der Waals surface area contributed by atoms with E-state index in [1.54, 1.807) is 0 Å². The lowest BCUT2D eigenvalue weighted by Crippen LogP contribution is -2.44. The summed E-state index contributed by atoms with van der Waals surface area (Å²) in [5.74, 6) is -2.28. The number of esters is 2. The molecule has 0 radical (unpaired) electrons. The molecule has 2 unspecified atom stereocenters. The van der Waals surface area contributed by atoms with Crippen molar-refractivity contribution in [3.05, 3.63) is 85.1 Å². The molecule has 81 heavy (non-hydrogen) atoms. The summed E-state index contributed by atoms with van der Waals surface area (Å²) in [6.45, 7) is 4.65. The van der Waals surface area contributed by atoms with Gasteiger partial charge in [0.2, 0.25) is 0 Å². The maximum Gasteiger partial charge on any atom is 0.306 e. The predicted molar refractivity (Wildman–Crippen MR) is 343 cm³/mol. The third-order valence-corrected chi connectivity index (χ3v) is 14.6. The summed E-state index contributed by atoms with van der Waals surface area (Å²) in [6.07, 6.45) is 80.8. The SMILES string of the molecule is CC/C=C\C/C=C\C/C=C\C/C=C\CCCCCCCCCCCCCCC(=O)OC(COC(=O)CCCCCCCCCCCCCCCCCC/C=C\C/C=C\C/C=C\CCCCCCC)COC(OCC[N+](C)(C)C)C(=O)[O-]. The molecule has 0 aliphatic rings. The number of aliphatic carboxylic acids is 1. The molecule has 9 heteroatoms. The van der Waals surface area contributed by atoms with Crippen molar-refractivity contribution in [1.29, 1.82) is 0 Å². The van der Waals surface area contributed by atoms with Gasteiger partial charge in [0.05, 0.1) is 40.3 Å². The van der Waals surface area contributed by atoms with Gasteiger partial charge in [-0.3, -0.25) is 9.59 Å². The van der Waals surface area contributed by atoms with Gasteiger partial charge in [0.1, 0.15) is 13.2 Å². The highest BCUT2D eigenvalue weighted by molar-refractivity contribution is 5.70. The minimum absolute atomic E-state index is 0.145. The smallest absolute Gasteiger partial charge is 0.306 e. The van der Waals surface area contributed by atoms with E-state index in [0.29, 0.717) is 23.9 Å². The van der Waals surface area contributed by atoms with Crippen molar-refractivity contribution in [1.82, 2.24) is 0 Å². The van der Waals surface area contributed by atoms with Crippen LogP contribution >= 0.6 is 0 Å². The molecule has 0 amide bonds. The zero-order valence-electron chi connectivity index (χ0n) is 53.4. The molecule has 0 saturated heterocycles. The first-order chi connectivity index (χ1) is 39.6. The van der Waals surface area contributed by atoms with Crippen LogP contribution in [-0.4, -0.2) is 82.3 Å². The Kier molecular flexibility index (Phi) is 59.8. The van der Waals surface area contributed by atoms with E-state index >= 15 is 0 Å². The van der Waals surface area contributed by atoms with Crippen LogP contribution in [0.5, 0.6) is 0 Å². The van der Waals surface area contributed by atoms with Crippen molar-refractivity contribution in [3.8, 4) is 0 Å². The molecule has 9 nitrogen and oxygen atoms in total. The van der Waals surface area contributed by atoms with Gasteiger partial charge in [-0.15, -0.1) is 0 Å². The van der Waals surface area contributed by atoms with Gasteiger partial charge in [0.25, 0.3) is 0 Å². The molecule has 0 aromatic rings. The van der Waals surface area contributed by atoms with Crippen molar-refractivity contribution in [2.24, 2.45) is 0 Å². The molecule has 0 aliphatic carbocycles. The van der Waals surface area contributed by atoms with Gasteiger partial charge in [-0.05, 0) is 89.9 Å². The second-order valence-corrected chi connectivity index (χ2v) is 23.7. The predicted octanol–water partition coefficient (Wildman–Crippen LogP) is 19.4. The summed E-state index contributed by atoms with van der Waals surface area (Å²) in [7, 11) is 5.93. The molecule has 0 heterocycles. The van der Waals surface area contributed by atoms with Gasteiger partial charge in [-0.1, -0.05) is 279 Å². The fraction of sp³-hybridized carbons (Fsp3) is 0.764. The number of ether oxygens (including phenoxy) is 4. The number of rotatable bonds is 62. The lowest BCUT2D eigenvalue weighted by molar-refractivity contribution is -0.870. The molecule has 0 aromatic heterocycles. The topological polar surface area (TPSA) is 111 Å². The van der Waals surface area contributed by atoms with E-state index in [-0.39, 0.29) is 32.2 Å². The molecule has 468 valence electrons. The molecule has 0 fully saturated rings. The zero-order chi connectivity index (χ0) is 59.1. The molecule has 2 atom stereocenters. The van der Waals surface area contributed by atoms with Crippen LogP contribution in [-0.2, 0) is 33.3 Å². The third kappa shape index (κ3) is 63.9. The number of carbonyl (C=O) groups excluding carboxylic acids is 3. The zero-order valence-corrected chi connectivity index (χ0v) is 53.4. The summed E-state index contributed by atoms with van der Waals surface area (Å²) in [5.41, 5.74) is 0. The van der Waals surface area contributed by atoms with Crippen molar-refractivity contribution in [2.45, 2.75) is 309 Å². The van der Waals surface area contributed by atoms with Crippen LogP contribution in [0, 0.1) is 0 Å². The molecule has 0 saturated carbocycles. The van der Waals surface area contributed by atoms with E-state index in [9.17, 15) is 19.5 Å². The van der Waals surface area contributed by atoms with E-state index in [4.69, 9.17) is 18.9 Å². The summed E-state index contributed by atoms with van der Waals surface area (Å²) >= 11 is 0. The fourth-order valence-corrected chi connectivity index (χ4v) is 9.48. The monoisotopic (exact) mass is 1130 g/mol. The van der Waals surface area contributed by atoms with Crippen molar-refractivity contribution in [2.75, 3.05) is 47.5 Å². The summed E-state index contributed by atoms with van der Waals surface area (Å²) in [5, 5.41) is 11.8.